The Morgan fingerprint density at radius 2 is 2.27 bits per heavy atom. The van der Waals surface area contributed by atoms with Gasteiger partial charge in [0.25, 0.3) is 0 Å². The maximum absolute atomic E-state index is 12.0. The van der Waals surface area contributed by atoms with E-state index in [1.807, 2.05) is 6.07 Å². The van der Waals surface area contributed by atoms with Gasteiger partial charge in [-0.3, -0.25) is 9.52 Å². The number of amides is 1. The highest BCUT2D eigenvalue weighted by atomic mass is 32.2. The number of rotatable bonds is 6. The third-order valence-corrected chi connectivity index (χ3v) is 4.74. The van der Waals surface area contributed by atoms with E-state index in [1.54, 1.807) is 18.2 Å². The van der Waals surface area contributed by atoms with E-state index in [9.17, 15) is 13.2 Å². The van der Waals surface area contributed by atoms with Crippen molar-refractivity contribution in [1.82, 2.24) is 4.72 Å². The van der Waals surface area contributed by atoms with Crippen molar-refractivity contribution in [2.24, 2.45) is 5.92 Å². The molecule has 0 aliphatic carbocycles. The molecule has 22 heavy (non-hydrogen) atoms. The largest absolute Gasteiger partial charge is 0.381 e. The highest BCUT2D eigenvalue weighted by molar-refractivity contribution is 7.89. The van der Waals surface area contributed by atoms with Crippen LogP contribution in [0.1, 0.15) is 30.4 Å². The zero-order valence-electron chi connectivity index (χ0n) is 12.1. The standard InChI is InChI=1S/C15H18N2O4S/c16-9-13-2-1-3-14(8-13)11-22(19,20)17-15(18)5-4-12-6-7-21-10-12/h1-3,8,12H,4-7,10-11H2,(H,17,18)/t12-/m0/s1. The summed E-state index contributed by atoms with van der Waals surface area (Å²) in [4.78, 5) is 11.7. The summed E-state index contributed by atoms with van der Waals surface area (Å²) in [7, 11) is -3.74. The normalized spacial score (nSPS) is 17.9. The minimum Gasteiger partial charge on any atom is -0.381 e. The molecule has 2 rings (SSSR count). The van der Waals surface area contributed by atoms with Crippen molar-refractivity contribution in [2.75, 3.05) is 13.2 Å². The van der Waals surface area contributed by atoms with E-state index in [0.717, 1.165) is 6.42 Å². The van der Waals surface area contributed by atoms with Crippen LogP contribution in [-0.2, 0) is 25.3 Å². The van der Waals surface area contributed by atoms with Gasteiger partial charge in [0.1, 0.15) is 0 Å². The van der Waals surface area contributed by atoms with Gasteiger partial charge in [-0.2, -0.15) is 5.26 Å². The quantitative estimate of drug-likeness (QED) is 0.852. The van der Waals surface area contributed by atoms with Gasteiger partial charge in [0.05, 0.1) is 17.4 Å². The molecule has 0 aromatic heterocycles. The molecule has 118 valence electrons. The van der Waals surface area contributed by atoms with Gasteiger partial charge in [0, 0.05) is 19.6 Å². The SMILES string of the molecule is N#Cc1cccc(CS(=O)(=O)NC(=O)CC[C@H]2CCOC2)c1. The lowest BCUT2D eigenvalue weighted by atomic mass is 10.0. The Kier molecular flexibility index (Phi) is 5.52. The van der Waals surface area contributed by atoms with Crippen LogP contribution in [0.5, 0.6) is 0 Å². The number of benzene rings is 1. The van der Waals surface area contributed by atoms with Crippen LogP contribution in [0.4, 0.5) is 0 Å². The lowest BCUT2D eigenvalue weighted by Crippen LogP contribution is -2.31. The molecule has 1 amide bonds. The van der Waals surface area contributed by atoms with Crippen LogP contribution in [0.2, 0.25) is 0 Å². The molecule has 1 heterocycles. The van der Waals surface area contributed by atoms with Crippen molar-refractivity contribution >= 4 is 15.9 Å². The van der Waals surface area contributed by atoms with Gasteiger partial charge < -0.3 is 4.74 Å². The summed E-state index contributed by atoms with van der Waals surface area (Å²) in [5, 5.41) is 8.80. The summed E-state index contributed by atoms with van der Waals surface area (Å²) in [6.07, 6.45) is 1.72. The number of ether oxygens (including phenoxy) is 1. The lowest BCUT2D eigenvalue weighted by molar-refractivity contribution is -0.119. The molecule has 1 atom stereocenters. The first-order valence-corrected chi connectivity index (χ1v) is 8.74. The zero-order chi connectivity index (χ0) is 16.0. The second-order valence-electron chi connectivity index (χ2n) is 5.36. The van der Waals surface area contributed by atoms with Crippen LogP contribution in [0.25, 0.3) is 0 Å². The van der Waals surface area contributed by atoms with Crippen molar-refractivity contribution in [3.8, 4) is 6.07 Å². The maximum atomic E-state index is 12.0. The van der Waals surface area contributed by atoms with E-state index in [0.29, 0.717) is 36.7 Å². The predicted molar refractivity (Wildman–Crippen MR) is 80.1 cm³/mol. The van der Waals surface area contributed by atoms with E-state index in [4.69, 9.17) is 10.00 Å². The number of hydrogen-bond donors (Lipinski definition) is 1. The smallest absolute Gasteiger partial charge is 0.239 e. The van der Waals surface area contributed by atoms with Crippen LogP contribution in [-0.4, -0.2) is 27.5 Å². The number of nitrogens with zero attached hydrogens (tertiary/aromatic N) is 1. The molecule has 0 spiro atoms. The molecule has 1 saturated heterocycles. The summed E-state index contributed by atoms with van der Waals surface area (Å²) >= 11 is 0. The van der Waals surface area contributed by atoms with E-state index in [-0.39, 0.29) is 12.2 Å². The average Bonchev–Trinajstić information content (AvgIpc) is 2.97. The van der Waals surface area contributed by atoms with Crippen LogP contribution in [0.15, 0.2) is 24.3 Å². The predicted octanol–water partition coefficient (Wildman–Crippen LogP) is 1.32. The van der Waals surface area contributed by atoms with Crippen LogP contribution in [0, 0.1) is 17.2 Å². The number of carbonyl (C=O) groups excluding carboxylic acids is 1. The minimum absolute atomic E-state index is 0.172. The third kappa shape index (κ3) is 5.13. The fourth-order valence-electron chi connectivity index (χ4n) is 2.36. The molecule has 1 aromatic rings. The second kappa shape index (κ2) is 7.38. The molecule has 1 aliphatic rings. The summed E-state index contributed by atoms with van der Waals surface area (Å²) < 4.78 is 31.2. The molecule has 7 heteroatoms. The second-order valence-corrected chi connectivity index (χ2v) is 7.09. The van der Waals surface area contributed by atoms with Crippen LogP contribution in [0.3, 0.4) is 0 Å². The summed E-state index contributed by atoms with van der Waals surface area (Å²) in [5.41, 5.74) is 0.865. The number of nitriles is 1. The molecule has 1 N–H and O–H groups in total. The van der Waals surface area contributed by atoms with E-state index >= 15 is 0 Å². The Labute approximate surface area is 130 Å². The summed E-state index contributed by atoms with van der Waals surface area (Å²) in [5.74, 6) is -0.482. The fourth-order valence-corrected chi connectivity index (χ4v) is 3.50. The molecule has 1 fully saturated rings. The number of nitrogens with one attached hydrogen (secondary N) is 1. The van der Waals surface area contributed by atoms with Gasteiger partial charge in [0.15, 0.2) is 0 Å². The monoisotopic (exact) mass is 322 g/mol. The maximum Gasteiger partial charge on any atom is 0.239 e. The lowest BCUT2D eigenvalue weighted by Gasteiger charge is -2.09. The number of sulfonamides is 1. The van der Waals surface area contributed by atoms with Crippen molar-refractivity contribution in [3.63, 3.8) is 0 Å². The highest BCUT2D eigenvalue weighted by Crippen LogP contribution is 2.18. The highest BCUT2D eigenvalue weighted by Gasteiger charge is 2.19. The molecule has 1 aliphatic heterocycles. The van der Waals surface area contributed by atoms with Gasteiger partial charge in [-0.05, 0) is 36.5 Å². The molecule has 0 unspecified atom stereocenters. The van der Waals surface area contributed by atoms with Gasteiger partial charge in [-0.1, -0.05) is 12.1 Å². The summed E-state index contributed by atoms with van der Waals surface area (Å²) in [6, 6.07) is 8.27. The number of carbonyl (C=O) groups is 1. The molecule has 0 bridgehead atoms. The molecule has 1 aromatic carbocycles. The molecular formula is C15H18N2O4S. The van der Waals surface area contributed by atoms with Crippen molar-refractivity contribution < 1.29 is 17.9 Å². The fraction of sp³-hybridized carbons (Fsp3) is 0.467. The first kappa shape index (κ1) is 16.5. The topological polar surface area (TPSA) is 96.3 Å². The minimum atomic E-state index is -3.74. The van der Waals surface area contributed by atoms with Crippen LogP contribution < -0.4 is 4.72 Å². The molecule has 0 radical (unpaired) electrons. The van der Waals surface area contributed by atoms with Gasteiger partial charge in [-0.15, -0.1) is 0 Å². The molecule has 0 saturated carbocycles. The van der Waals surface area contributed by atoms with E-state index in [1.165, 1.54) is 6.07 Å². The Bertz CT molecular complexity index is 673. The Hall–Kier alpha value is -1.91. The first-order valence-electron chi connectivity index (χ1n) is 7.08. The first-order chi connectivity index (χ1) is 10.5. The van der Waals surface area contributed by atoms with E-state index < -0.39 is 15.9 Å². The van der Waals surface area contributed by atoms with E-state index in [2.05, 4.69) is 4.72 Å². The average molecular weight is 322 g/mol. The van der Waals surface area contributed by atoms with Crippen molar-refractivity contribution in [2.45, 2.75) is 25.0 Å². The summed E-state index contributed by atoms with van der Waals surface area (Å²) in [6.45, 7) is 1.35. The Morgan fingerprint density at radius 1 is 1.45 bits per heavy atom. The molecular weight excluding hydrogens is 304 g/mol. The van der Waals surface area contributed by atoms with Crippen molar-refractivity contribution in [3.05, 3.63) is 35.4 Å². The third-order valence-electron chi connectivity index (χ3n) is 3.49. The van der Waals surface area contributed by atoms with Gasteiger partial charge in [-0.25, -0.2) is 8.42 Å². The zero-order valence-corrected chi connectivity index (χ0v) is 12.9. The molecule has 6 nitrogen and oxygen atoms in total. The van der Waals surface area contributed by atoms with Crippen LogP contribution >= 0.6 is 0 Å². The Balaban J connectivity index is 1.86. The van der Waals surface area contributed by atoms with Crippen molar-refractivity contribution in [1.29, 1.82) is 5.26 Å². The van der Waals surface area contributed by atoms with Gasteiger partial charge in [0.2, 0.25) is 15.9 Å². The van der Waals surface area contributed by atoms with Gasteiger partial charge >= 0.3 is 0 Å². The number of hydrogen-bond acceptors (Lipinski definition) is 5. The Morgan fingerprint density at radius 3 is 2.95 bits per heavy atom.